The molecule has 3 unspecified atom stereocenters. The summed E-state index contributed by atoms with van der Waals surface area (Å²) in [6, 6.07) is 12.1. The molecule has 1 heterocycles. The second-order valence-electron chi connectivity index (χ2n) is 8.44. The Morgan fingerprint density at radius 2 is 1.63 bits per heavy atom. The highest BCUT2D eigenvalue weighted by atomic mass is 19.4. The number of benzene rings is 2. The van der Waals surface area contributed by atoms with Crippen LogP contribution >= 0.6 is 0 Å². The summed E-state index contributed by atoms with van der Waals surface area (Å²) in [5.74, 6) is -3.82. The number of carbonyl (C=O) groups is 3. The molecule has 0 saturated carbocycles. The fourth-order valence-corrected chi connectivity index (χ4v) is 4.45. The Bertz CT molecular complexity index is 1080. The summed E-state index contributed by atoms with van der Waals surface area (Å²) in [6.07, 6.45) is -7.60. The molecule has 35 heavy (non-hydrogen) atoms. The number of hydrogen-bond acceptors (Lipinski definition) is 5. The monoisotopic (exact) mass is 492 g/mol. The lowest BCUT2D eigenvalue weighted by molar-refractivity contribution is -0.150. The van der Waals surface area contributed by atoms with Crippen molar-refractivity contribution < 1.29 is 42.1 Å². The lowest BCUT2D eigenvalue weighted by Crippen LogP contribution is -2.53. The second-order valence-corrected chi connectivity index (χ2v) is 8.44. The van der Waals surface area contributed by atoms with E-state index in [-0.39, 0.29) is 25.7 Å². The summed E-state index contributed by atoms with van der Waals surface area (Å²) >= 11 is 0. The number of nitrogens with one attached hydrogen (secondary N) is 2. The highest BCUT2D eigenvalue weighted by Crippen LogP contribution is 2.44. The average Bonchev–Trinajstić information content (AvgIpc) is 3.39. The lowest BCUT2D eigenvalue weighted by atomic mass is 9.98. The molecule has 2 aromatic carbocycles. The number of amides is 2. The number of alkyl halides is 3. The maximum Gasteiger partial charge on any atom is 0.407 e. The number of ether oxygens (including phenoxy) is 2. The van der Waals surface area contributed by atoms with Gasteiger partial charge in [-0.25, -0.2) is 4.79 Å². The molecule has 186 valence electrons. The summed E-state index contributed by atoms with van der Waals surface area (Å²) < 4.78 is 49.6. The molecule has 2 amide bonds. The number of fused-ring (bicyclic) bond motifs is 3. The van der Waals surface area contributed by atoms with Crippen molar-refractivity contribution in [2.75, 3.05) is 19.8 Å². The first kappa shape index (κ1) is 24.5. The minimum atomic E-state index is -4.77. The number of alkyl carbamates (subject to hydrolysis) is 1. The van der Waals surface area contributed by atoms with Gasteiger partial charge < -0.3 is 25.2 Å². The van der Waals surface area contributed by atoms with Crippen LogP contribution < -0.4 is 10.6 Å². The zero-order valence-electron chi connectivity index (χ0n) is 18.4. The molecule has 2 aromatic rings. The molecule has 8 nitrogen and oxygen atoms in total. The van der Waals surface area contributed by atoms with E-state index in [9.17, 15) is 32.7 Å². The van der Waals surface area contributed by atoms with Crippen LogP contribution in [0.3, 0.4) is 0 Å². The van der Waals surface area contributed by atoms with Gasteiger partial charge in [0.1, 0.15) is 18.6 Å². The van der Waals surface area contributed by atoms with Gasteiger partial charge in [0.25, 0.3) is 0 Å². The van der Waals surface area contributed by atoms with Gasteiger partial charge >= 0.3 is 18.2 Å². The SMILES string of the molecule is O=C(NC(CC(F)(F)F)C(=O)NC1COCC1C(=O)O)OCC1c2ccccc2-c2ccccc21. The van der Waals surface area contributed by atoms with Crippen molar-refractivity contribution in [1.82, 2.24) is 10.6 Å². The summed E-state index contributed by atoms with van der Waals surface area (Å²) in [6.45, 7) is -0.478. The van der Waals surface area contributed by atoms with Gasteiger partial charge in [-0.2, -0.15) is 13.2 Å². The minimum absolute atomic E-state index is 0.141. The molecule has 4 rings (SSSR count). The molecule has 0 aromatic heterocycles. The number of carbonyl (C=O) groups excluding carboxylic acids is 2. The molecule has 0 radical (unpaired) electrons. The van der Waals surface area contributed by atoms with Crippen molar-refractivity contribution in [1.29, 1.82) is 0 Å². The van der Waals surface area contributed by atoms with Crippen molar-refractivity contribution in [2.24, 2.45) is 5.92 Å². The van der Waals surface area contributed by atoms with Crippen molar-refractivity contribution in [3.05, 3.63) is 59.7 Å². The van der Waals surface area contributed by atoms with E-state index >= 15 is 0 Å². The van der Waals surface area contributed by atoms with Crippen LogP contribution in [0.5, 0.6) is 0 Å². The third-order valence-corrected chi connectivity index (χ3v) is 6.11. The molecule has 11 heteroatoms. The quantitative estimate of drug-likeness (QED) is 0.548. The Balaban J connectivity index is 1.42. The molecule has 1 saturated heterocycles. The average molecular weight is 492 g/mol. The molecule has 3 atom stereocenters. The van der Waals surface area contributed by atoms with Crippen LogP contribution in [0.15, 0.2) is 48.5 Å². The minimum Gasteiger partial charge on any atom is -0.481 e. The molecule has 2 aliphatic rings. The topological polar surface area (TPSA) is 114 Å². The van der Waals surface area contributed by atoms with E-state index in [1.165, 1.54) is 0 Å². The second kappa shape index (κ2) is 9.95. The van der Waals surface area contributed by atoms with Crippen molar-refractivity contribution in [3.8, 4) is 11.1 Å². The van der Waals surface area contributed by atoms with Crippen LogP contribution in [0.1, 0.15) is 23.5 Å². The highest BCUT2D eigenvalue weighted by Gasteiger charge is 2.40. The van der Waals surface area contributed by atoms with E-state index in [4.69, 9.17) is 9.47 Å². The number of carboxylic acid groups (broad SMARTS) is 1. The number of aliphatic carboxylic acids is 1. The summed E-state index contributed by atoms with van der Waals surface area (Å²) in [5.41, 5.74) is 3.82. The van der Waals surface area contributed by atoms with Gasteiger partial charge in [0.2, 0.25) is 5.91 Å². The lowest BCUT2D eigenvalue weighted by Gasteiger charge is -2.23. The van der Waals surface area contributed by atoms with Gasteiger partial charge in [0.15, 0.2) is 0 Å². The van der Waals surface area contributed by atoms with Crippen LogP contribution in [-0.2, 0) is 19.1 Å². The first-order valence-electron chi connectivity index (χ1n) is 10.9. The van der Waals surface area contributed by atoms with E-state index in [1.54, 1.807) is 0 Å². The van der Waals surface area contributed by atoms with E-state index in [2.05, 4.69) is 5.32 Å². The van der Waals surface area contributed by atoms with Crippen molar-refractivity contribution in [2.45, 2.75) is 30.6 Å². The maximum absolute atomic E-state index is 13.1. The molecule has 0 spiro atoms. The molecular weight excluding hydrogens is 469 g/mol. The zero-order chi connectivity index (χ0) is 25.2. The first-order chi connectivity index (χ1) is 16.6. The molecule has 1 aliphatic heterocycles. The van der Waals surface area contributed by atoms with Crippen molar-refractivity contribution in [3.63, 3.8) is 0 Å². The summed E-state index contributed by atoms with van der Waals surface area (Å²) in [7, 11) is 0. The van der Waals surface area contributed by atoms with Crippen LogP contribution in [-0.4, -0.2) is 61.2 Å². The van der Waals surface area contributed by atoms with Gasteiger partial charge in [-0.15, -0.1) is 0 Å². The Hall–Kier alpha value is -3.60. The largest absolute Gasteiger partial charge is 0.481 e. The molecular formula is C24H23F3N2O6. The summed E-state index contributed by atoms with van der Waals surface area (Å²) in [5, 5.41) is 13.4. The third-order valence-electron chi connectivity index (χ3n) is 6.11. The predicted molar refractivity (Wildman–Crippen MR) is 117 cm³/mol. The Kier molecular flexibility index (Phi) is 6.97. The molecule has 1 aliphatic carbocycles. The maximum atomic E-state index is 13.1. The molecule has 0 bridgehead atoms. The number of rotatable bonds is 7. The van der Waals surface area contributed by atoms with Crippen LogP contribution in [0.25, 0.3) is 11.1 Å². The highest BCUT2D eigenvalue weighted by molar-refractivity contribution is 5.86. The Morgan fingerprint density at radius 1 is 1.03 bits per heavy atom. The van der Waals surface area contributed by atoms with Gasteiger partial charge in [-0.3, -0.25) is 9.59 Å². The number of halogens is 3. The predicted octanol–water partition coefficient (Wildman–Crippen LogP) is 3.06. The number of hydrogen-bond donors (Lipinski definition) is 3. The Labute approximate surface area is 198 Å². The third kappa shape index (κ3) is 5.56. The van der Waals surface area contributed by atoms with Crippen LogP contribution in [0.2, 0.25) is 0 Å². The summed E-state index contributed by atoms with van der Waals surface area (Å²) in [4.78, 5) is 36.2. The zero-order valence-corrected chi connectivity index (χ0v) is 18.4. The van der Waals surface area contributed by atoms with Crippen molar-refractivity contribution >= 4 is 18.0 Å². The van der Waals surface area contributed by atoms with Crippen LogP contribution in [0, 0.1) is 5.92 Å². The van der Waals surface area contributed by atoms with Gasteiger partial charge in [0.05, 0.1) is 25.7 Å². The van der Waals surface area contributed by atoms with Gasteiger partial charge in [-0.05, 0) is 22.3 Å². The number of carboxylic acids is 1. The van der Waals surface area contributed by atoms with Crippen LogP contribution in [0.4, 0.5) is 18.0 Å². The van der Waals surface area contributed by atoms with E-state index in [0.717, 1.165) is 22.3 Å². The standard InChI is InChI=1S/C24H23F3N2O6/c25-24(26,27)9-19(21(30)28-20-12-34-10-18(20)22(31)32)29-23(33)35-11-17-15-7-3-1-5-13(15)14-6-2-4-8-16(14)17/h1-8,17-20H,9-12H2,(H,28,30)(H,29,33)(H,31,32). The van der Waals surface area contributed by atoms with E-state index in [0.29, 0.717) is 0 Å². The molecule has 3 N–H and O–H groups in total. The molecule has 1 fully saturated rings. The normalized spacial score (nSPS) is 20.0. The fraction of sp³-hybridized carbons (Fsp3) is 0.375. The van der Waals surface area contributed by atoms with E-state index < -0.39 is 48.6 Å². The van der Waals surface area contributed by atoms with Gasteiger partial charge in [-0.1, -0.05) is 48.5 Å². The van der Waals surface area contributed by atoms with Gasteiger partial charge in [0, 0.05) is 5.92 Å². The first-order valence-corrected chi connectivity index (χ1v) is 10.9. The Morgan fingerprint density at radius 3 is 2.20 bits per heavy atom. The van der Waals surface area contributed by atoms with E-state index in [1.807, 2.05) is 53.8 Å². The fourth-order valence-electron chi connectivity index (χ4n) is 4.45. The smallest absolute Gasteiger partial charge is 0.407 e.